The first kappa shape index (κ1) is 14.6. The maximum Gasteiger partial charge on any atom is 0.308 e. The van der Waals surface area contributed by atoms with Crippen molar-refractivity contribution >= 4 is 5.97 Å². The molecule has 1 aliphatic rings. The summed E-state index contributed by atoms with van der Waals surface area (Å²) in [6, 6.07) is 5.15. The molecule has 108 valence electrons. The SMILES string of the molecule is C=C[C@@H](c1ccc(OC(C)=O)c(O)c1)N1CCNCC1. The zero-order chi connectivity index (χ0) is 14.5. The van der Waals surface area contributed by atoms with Crippen molar-refractivity contribution in [2.75, 3.05) is 26.2 Å². The Balaban J connectivity index is 2.19. The van der Waals surface area contributed by atoms with E-state index in [2.05, 4.69) is 16.8 Å². The van der Waals surface area contributed by atoms with E-state index in [1.807, 2.05) is 12.1 Å². The molecule has 1 fully saturated rings. The number of benzene rings is 1. The Kier molecular flexibility index (Phi) is 4.76. The minimum absolute atomic E-state index is 0.0281. The molecular formula is C15H20N2O3. The van der Waals surface area contributed by atoms with Crippen LogP contribution in [0.4, 0.5) is 0 Å². The van der Waals surface area contributed by atoms with Crippen LogP contribution in [0, 0.1) is 0 Å². The second-order valence-electron chi connectivity index (χ2n) is 4.79. The molecule has 1 aromatic carbocycles. The normalized spacial score (nSPS) is 17.4. The number of carbonyl (C=O) groups excluding carboxylic acids is 1. The van der Waals surface area contributed by atoms with Crippen LogP contribution in [-0.4, -0.2) is 42.2 Å². The Morgan fingerprint density at radius 3 is 2.75 bits per heavy atom. The van der Waals surface area contributed by atoms with Crippen molar-refractivity contribution < 1.29 is 14.6 Å². The lowest BCUT2D eigenvalue weighted by molar-refractivity contribution is -0.132. The third kappa shape index (κ3) is 3.37. The summed E-state index contributed by atoms with van der Waals surface area (Å²) in [7, 11) is 0. The second-order valence-corrected chi connectivity index (χ2v) is 4.79. The number of piperazine rings is 1. The number of phenolic OH excluding ortho intramolecular Hbond substituents is 1. The van der Waals surface area contributed by atoms with Crippen LogP contribution in [0.5, 0.6) is 11.5 Å². The fourth-order valence-corrected chi connectivity index (χ4v) is 2.42. The van der Waals surface area contributed by atoms with Gasteiger partial charge < -0.3 is 15.2 Å². The third-order valence-corrected chi connectivity index (χ3v) is 3.35. The Morgan fingerprint density at radius 2 is 2.20 bits per heavy atom. The van der Waals surface area contributed by atoms with Crippen molar-refractivity contribution in [1.82, 2.24) is 10.2 Å². The fourth-order valence-electron chi connectivity index (χ4n) is 2.42. The van der Waals surface area contributed by atoms with E-state index < -0.39 is 5.97 Å². The van der Waals surface area contributed by atoms with Crippen LogP contribution in [0.15, 0.2) is 30.9 Å². The number of ether oxygens (including phenoxy) is 1. The van der Waals surface area contributed by atoms with E-state index in [1.165, 1.54) is 6.92 Å². The van der Waals surface area contributed by atoms with E-state index in [4.69, 9.17) is 4.74 Å². The molecule has 1 heterocycles. The molecule has 1 atom stereocenters. The number of nitrogens with zero attached hydrogens (tertiary/aromatic N) is 1. The molecule has 2 rings (SSSR count). The second kappa shape index (κ2) is 6.54. The number of hydrogen-bond acceptors (Lipinski definition) is 5. The van der Waals surface area contributed by atoms with E-state index in [0.717, 1.165) is 31.7 Å². The molecule has 0 spiro atoms. The standard InChI is InChI=1S/C15H20N2O3/c1-3-13(17-8-6-16-7-9-17)12-4-5-15(14(19)10-12)20-11(2)18/h3-5,10,13,16,19H,1,6-9H2,2H3/t13-/m0/s1. The molecule has 5 heteroatoms. The molecule has 1 aliphatic heterocycles. The number of rotatable bonds is 4. The molecule has 0 aliphatic carbocycles. The lowest BCUT2D eigenvalue weighted by atomic mass is 10.0. The van der Waals surface area contributed by atoms with Crippen molar-refractivity contribution in [3.8, 4) is 11.5 Å². The molecule has 0 bridgehead atoms. The highest BCUT2D eigenvalue weighted by Crippen LogP contribution is 2.32. The zero-order valence-corrected chi connectivity index (χ0v) is 11.6. The van der Waals surface area contributed by atoms with Crippen molar-refractivity contribution in [2.45, 2.75) is 13.0 Å². The lowest BCUT2D eigenvalue weighted by Gasteiger charge is -2.33. The van der Waals surface area contributed by atoms with Crippen LogP contribution in [0.25, 0.3) is 0 Å². The summed E-state index contributed by atoms with van der Waals surface area (Å²) in [6.45, 7) is 8.95. The van der Waals surface area contributed by atoms with Crippen LogP contribution in [0.2, 0.25) is 0 Å². The average Bonchev–Trinajstić information content (AvgIpc) is 2.43. The van der Waals surface area contributed by atoms with Crippen molar-refractivity contribution in [2.24, 2.45) is 0 Å². The highest BCUT2D eigenvalue weighted by molar-refractivity contribution is 5.70. The van der Waals surface area contributed by atoms with E-state index in [1.54, 1.807) is 12.1 Å². The number of phenols is 1. The maximum absolute atomic E-state index is 10.9. The van der Waals surface area contributed by atoms with Crippen molar-refractivity contribution in [1.29, 1.82) is 0 Å². The summed E-state index contributed by atoms with van der Waals surface area (Å²) in [6.07, 6.45) is 1.87. The smallest absolute Gasteiger partial charge is 0.308 e. The van der Waals surface area contributed by atoms with Gasteiger partial charge in [0, 0.05) is 33.1 Å². The molecule has 0 aromatic heterocycles. The Bertz CT molecular complexity index is 496. The van der Waals surface area contributed by atoms with Gasteiger partial charge in [-0.2, -0.15) is 0 Å². The summed E-state index contributed by atoms with van der Waals surface area (Å²) >= 11 is 0. The van der Waals surface area contributed by atoms with Gasteiger partial charge in [0.1, 0.15) is 0 Å². The van der Waals surface area contributed by atoms with Crippen LogP contribution >= 0.6 is 0 Å². The fraction of sp³-hybridized carbons (Fsp3) is 0.400. The van der Waals surface area contributed by atoms with Gasteiger partial charge in [0.15, 0.2) is 11.5 Å². The van der Waals surface area contributed by atoms with Crippen LogP contribution in [0.3, 0.4) is 0 Å². The first-order chi connectivity index (χ1) is 9.61. The van der Waals surface area contributed by atoms with Gasteiger partial charge in [0.05, 0.1) is 6.04 Å². The minimum atomic E-state index is -0.449. The molecule has 20 heavy (non-hydrogen) atoms. The highest BCUT2D eigenvalue weighted by atomic mass is 16.5. The predicted octanol–water partition coefficient (Wildman–Crippen LogP) is 1.45. The molecule has 1 saturated heterocycles. The summed E-state index contributed by atoms with van der Waals surface area (Å²) in [5, 5.41) is 13.2. The molecule has 5 nitrogen and oxygen atoms in total. The van der Waals surface area contributed by atoms with Crippen molar-refractivity contribution in [3.63, 3.8) is 0 Å². The number of hydrogen-bond donors (Lipinski definition) is 2. The summed E-state index contributed by atoms with van der Waals surface area (Å²) < 4.78 is 4.92. The van der Waals surface area contributed by atoms with Crippen molar-refractivity contribution in [3.05, 3.63) is 36.4 Å². The van der Waals surface area contributed by atoms with E-state index in [9.17, 15) is 9.90 Å². The molecular weight excluding hydrogens is 256 g/mol. The quantitative estimate of drug-likeness (QED) is 0.495. The number of esters is 1. The number of nitrogens with one attached hydrogen (secondary N) is 1. The lowest BCUT2D eigenvalue weighted by Crippen LogP contribution is -2.44. The Hall–Kier alpha value is -1.85. The molecule has 1 aromatic rings. The summed E-state index contributed by atoms with van der Waals surface area (Å²) in [5.41, 5.74) is 0.940. The topological polar surface area (TPSA) is 61.8 Å². The highest BCUT2D eigenvalue weighted by Gasteiger charge is 2.20. The molecule has 0 saturated carbocycles. The van der Waals surface area contributed by atoms with Gasteiger partial charge in [-0.25, -0.2) is 0 Å². The monoisotopic (exact) mass is 276 g/mol. The van der Waals surface area contributed by atoms with Crippen LogP contribution < -0.4 is 10.1 Å². The van der Waals surface area contributed by atoms with Gasteiger partial charge >= 0.3 is 5.97 Å². The van der Waals surface area contributed by atoms with Gasteiger partial charge in [-0.3, -0.25) is 9.69 Å². The Morgan fingerprint density at radius 1 is 1.50 bits per heavy atom. The zero-order valence-electron chi connectivity index (χ0n) is 11.6. The summed E-state index contributed by atoms with van der Waals surface area (Å²) in [5.74, 6) is -0.292. The van der Waals surface area contributed by atoms with E-state index in [0.29, 0.717) is 0 Å². The van der Waals surface area contributed by atoms with Gasteiger partial charge in [-0.15, -0.1) is 6.58 Å². The number of carbonyl (C=O) groups is 1. The van der Waals surface area contributed by atoms with E-state index >= 15 is 0 Å². The van der Waals surface area contributed by atoms with E-state index in [-0.39, 0.29) is 17.5 Å². The van der Waals surface area contributed by atoms with Crippen LogP contribution in [0.1, 0.15) is 18.5 Å². The predicted molar refractivity (Wildman–Crippen MR) is 76.8 cm³/mol. The Labute approximate surface area is 118 Å². The summed E-state index contributed by atoms with van der Waals surface area (Å²) in [4.78, 5) is 13.2. The van der Waals surface area contributed by atoms with Gasteiger partial charge in [0.25, 0.3) is 0 Å². The minimum Gasteiger partial charge on any atom is -0.504 e. The molecule has 0 unspecified atom stereocenters. The molecule has 2 N–H and O–H groups in total. The molecule has 0 radical (unpaired) electrons. The van der Waals surface area contributed by atoms with Gasteiger partial charge in [-0.05, 0) is 17.7 Å². The maximum atomic E-state index is 10.9. The molecule has 0 amide bonds. The average molecular weight is 276 g/mol. The third-order valence-electron chi connectivity index (χ3n) is 3.35. The van der Waals surface area contributed by atoms with Gasteiger partial charge in [-0.1, -0.05) is 12.1 Å². The first-order valence-electron chi connectivity index (χ1n) is 6.70. The van der Waals surface area contributed by atoms with Gasteiger partial charge in [0.2, 0.25) is 0 Å². The van der Waals surface area contributed by atoms with Crippen LogP contribution in [-0.2, 0) is 4.79 Å². The number of aromatic hydroxyl groups is 1. The largest absolute Gasteiger partial charge is 0.504 e. The first-order valence-corrected chi connectivity index (χ1v) is 6.70.